The molecule has 0 aromatic carbocycles. The van der Waals surface area contributed by atoms with Crippen LogP contribution in [-0.2, 0) is 16.1 Å². The highest BCUT2D eigenvalue weighted by Gasteiger charge is 2.40. The maximum Gasteiger partial charge on any atom is 0.287 e. The van der Waals surface area contributed by atoms with Gasteiger partial charge in [0.25, 0.3) is 5.91 Å². The first kappa shape index (κ1) is 18.7. The molecule has 0 radical (unpaired) electrons. The van der Waals surface area contributed by atoms with Crippen molar-refractivity contribution in [2.24, 2.45) is 0 Å². The normalized spacial score (nSPS) is 19.1. The van der Waals surface area contributed by atoms with Gasteiger partial charge in [0.15, 0.2) is 5.76 Å². The van der Waals surface area contributed by atoms with E-state index in [1.165, 1.54) is 11.2 Å². The summed E-state index contributed by atoms with van der Waals surface area (Å²) in [6, 6.07) is 4.04. The van der Waals surface area contributed by atoms with Gasteiger partial charge in [0, 0.05) is 31.0 Å². The van der Waals surface area contributed by atoms with Crippen LogP contribution < -0.4 is 10.6 Å². The first-order valence-electron chi connectivity index (χ1n) is 8.89. The van der Waals surface area contributed by atoms with Crippen molar-refractivity contribution in [2.45, 2.75) is 38.9 Å². The molecule has 1 saturated heterocycles. The lowest BCUT2D eigenvalue weighted by Crippen LogP contribution is -2.47. The molecule has 9 heteroatoms. The van der Waals surface area contributed by atoms with Gasteiger partial charge in [-0.05, 0) is 38.5 Å². The number of carbonyl (C=O) groups excluding carboxylic acids is 3. The number of rotatable bonds is 6. The zero-order valence-corrected chi connectivity index (χ0v) is 15.3. The number of likely N-dealkylation sites (N-methyl/N-ethyl adjacent to an activating group) is 1. The van der Waals surface area contributed by atoms with Gasteiger partial charge in [-0.3, -0.25) is 19.1 Å². The average molecular weight is 373 g/mol. The molecule has 3 heterocycles. The van der Waals surface area contributed by atoms with Gasteiger partial charge in [-0.1, -0.05) is 0 Å². The Bertz CT molecular complexity index is 814. The first-order chi connectivity index (χ1) is 13.0. The Hall–Kier alpha value is -3.10. The van der Waals surface area contributed by atoms with Gasteiger partial charge in [-0.2, -0.15) is 5.10 Å². The summed E-state index contributed by atoms with van der Waals surface area (Å²) in [5.41, 5.74) is 0.861. The number of hydrogen-bond acceptors (Lipinski definition) is 5. The summed E-state index contributed by atoms with van der Waals surface area (Å²) in [5.74, 6) is -0.607. The van der Waals surface area contributed by atoms with Crippen LogP contribution in [0.2, 0.25) is 0 Å². The Morgan fingerprint density at radius 2 is 2.15 bits per heavy atom. The summed E-state index contributed by atoms with van der Waals surface area (Å²) < 4.78 is 6.68. The highest BCUT2D eigenvalue weighted by molar-refractivity contribution is 5.92. The molecule has 3 rings (SSSR count). The largest absolute Gasteiger partial charge is 0.459 e. The summed E-state index contributed by atoms with van der Waals surface area (Å²) in [4.78, 5) is 39.0. The molecule has 1 fully saturated rings. The highest BCUT2D eigenvalue weighted by atomic mass is 16.3. The molecule has 27 heavy (non-hydrogen) atoms. The Balaban J connectivity index is 1.71. The van der Waals surface area contributed by atoms with E-state index in [0.717, 1.165) is 5.69 Å². The molecule has 3 amide bonds. The number of hydrogen-bond donors (Lipinski definition) is 2. The summed E-state index contributed by atoms with van der Waals surface area (Å²) in [6.45, 7) is 4.46. The van der Waals surface area contributed by atoms with Gasteiger partial charge in [-0.25, -0.2) is 0 Å². The third-order valence-corrected chi connectivity index (χ3v) is 4.57. The standard InChI is InChI=1S/C18H23N5O4/c1-3-19-17(25)14-9-13(21-18(26)15-5-4-8-27-15)10-22(14)16(24)11-23-12(2)6-7-20-23/h4-8,13-14H,3,9-11H2,1-2H3,(H,19,25)(H,21,26)/t13-,14-/m0/s1. The number of carbonyl (C=O) groups is 3. The fourth-order valence-corrected chi connectivity index (χ4v) is 3.20. The van der Waals surface area contributed by atoms with Crippen LogP contribution in [0.3, 0.4) is 0 Å². The van der Waals surface area contributed by atoms with E-state index in [1.54, 1.807) is 23.0 Å². The van der Waals surface area contributed by atoms with Gasteiger partial charge >= 0.3 is 0 Å². The number of nitrogens with one attached hydrogen (secondary N) is 2. The van der Waals surface area contributed by atoms with Crippen LogP contribution in [0.4, 0.5) is 0 Å². The maximum absolute atomic E-state index is 12.8. The second-order valence-corrected chi connectivity index (χ2v) is 6.47. The fourth-order valence-electron chi connectivity index (χ4n) is 3.20. The Morgan fingerprint density at radius 1 is 1.33 bits per heavy atom. The smallest absolute Gasteiger partial charge is 0.287 e. The zero-order chi connectivity index (χ0) is 19.4. The predicted molar refractivity (Wildman–Crippen MR) is 95.7 cm³/mol. The van der Waals surface area contributed by atoms with Crippen LogP contribution in [0.25, 0.3) is 0 Å². The molecule has 9 nitrogen and oxygen atoms in total. The Labute approximate surface area is 156 Å². The SMILES string of the molecule is CCNC(=O)[C@@H]1C[C@H](NC(=O)c2ccco2)CN1C(=O)Cn1nccc1C. The molecular weight excluding hydrogens is 350 g/mol. The topological polar surface area (TPSA) is 109 Å². The molecule has 0 unspecified atom stereocenters. The third-order valence-electron chi connectivity index (χ3n) is 4.57. The van der Waals surface area contributed by atoms with Crippen molar-refractivity contribution in [1.82, 2.24) is 25.3 Å². The molecule has 1 aliphatic heterocycles. The molecule has 1 aliphatic rings. The zero-order valence-electron chi connectivity index (χ0n) is 15.3. The molecule has 0 aliphatic carbocycles. The average Bonchev–Trinajstić information content (AvgIpc) is 3.37. The second kappa shape index (κ2) is 8.07. The van der Waals surface area contributed by atoms with E-state index < -0.39 is 6.04 Å². The molecule has 2 aromatic rings. The van der Waals surface area contributed by atoms with E-state index in [4.69, 9.17) is 4.42 Å². The van der Waals surface area contributed by atoms with Crippen LogP contribution in [0.1, 0.15) is 29.6 Å². The van der Waals surface area contributed by atoms with Gasteiger partial charge in [-0.15, -0.1) is 0 Å². The lowest BCUT2D eigenvalue weighted by molar-refractivity contribution is -0.139. The number of nitrogens with zero attached hydrogens (tertiary/aromatic N) is 3. The van der Waals surface area contributed by atoms with E-state index in [1.807, 2.05) is 19.9 Å². The second-order valence-electron chi connectivity index (χ2n) is 6.47. The monoisotopic (exact) mass is 373 g/mol. The van der Waals surface area contributed by atoms with Crippen LogP contribution in [0.5, 0.6) is 0 Å². The lowest BCUT2D eigenvalue weighted by atomic mass is 10.1. The Morgan fingerprint density at radius 3 is 2.78 bits per heavy atom. The maximum atomic E-state index is 12.8. The number of likely N-dealkylation sites (tertiary alicyclic amines) is 1. The van der Waals surface area contributed by atoms with Crippen molar-refractivity contribution >= 4 is 17.7 Å². The molecule has 2 aromatic heterocycles. The number of furan rings is 1. The molecule has 0 saturated carbocycles. The van der Waals surface area contributed by atoms with Gasteiger partial charge < -0.3 is 20.0 Å². The number of aromatic nitrogens is 2. The van der Waals surface area contributed by atoms with Crippen molar-refractivity contribution < 1.29 is 18.8 Å². The van der Waals surface area contributed by atoms with Gasteiger partial charge in [0.2, 0.25) is 11.8 Å². The van der Waals surface area contributed by atoms with Crippen LogP contribution in [0, 0.1) is 6.92 Å². The minimum absolute atomic E-state index is 0.0492. The van der Waals surface area contributed by atoms with Crippen LogP contribution in [-0.4, -0.2) is 57.6 Å². The van der Waals surface area contributed by atoms with Crippen molar-refractivity contribution in [1.29, 1.82) is 0 Å². The molecule has 0 spiro atoms. The highest BCUT2D eigenvalue weighted by Crippen LogP contribution is 2.20. The van der Waals surface area contributed by atoms with Gasteiger partial charge in [0.1, 0.15) is 12.6 Å². The van der Waals surface area contributed by atoms with Crippen molar-refractivity contribution in [2.75, 3.05) is 13.1 Å². The van der Waals surface area contributed by atoms with E-state index in [9.17, 15) is 14.4 Å². The van der Waals surface area contributed by atoms with Crippen molar-refractivity contribution in [3.8, 4) is 0 Å². The fraction of sp³-hybridized carbons (Fsp3) is 0.444. The molecule has 144 valence electrons. The molecule has 2 atom stereocenters. The van der Waals surface area contributed by atoms with E-state index in [0.29, 0.717) is 13.0 Å². The number of aryl methyl sites for hydroxylation is 1. The molecule has 0 bridgehead atoms. The first-order valence-corrected chi connectivity index (χ1v) is 8.89. The van der Waals surface area contributed by atoms with Crippen molar-refractivity contribution in [3.05, 3.63) is 42.1 Å². The summed E-state index contributed by atoms with van der Waals surface area (Å²) in [7, 11) is 0. The van der Waals surface area contributed by atoms with Gasteiger partial charge in [0.05, 0.1) is 6.26 Å². The predicted octanol–water partition coefficient (Wildman–Crippen LogP) is 0.320. The molecule has 2 N–H and O–H groups in total. The minimum Gasteiger partial charge on any atom is -0.459 e. The summed E-state index contributed by atoms with van der Waals surface area (Å²) >= 11 is 0. The number of amides is 3. The van der Waals surface area contributed by atoms with Crippen LogP contribution in [0.15, 0.2) is 35.1 Å². The summed E-state index contributed by atoms with van der Waals surface area (Å²) in [5, 5.41) is 9.71. The third kappa shape index (κ3) is 4.18. The summed E-state index contributed by atoms with van der Waals surface area (Å²) in [6.07, 6.45) is 3.39. The Kier molecular flexibility index (Phi) is 5.58. The van der Waals surface area contributed by atoms with E-state index >= 15 is 0 Å². The van der Waals surface area contributed by atoms with E-state index in [2.05, 4.69) is 15.7 Å². The minimum atomic E-state index is -0.629. The van der Waals surface area contributed by atoms with E-state index in [-0.39, 0.29) is 42.6 Å². The lowest BCUT2D eigenvalue weighted by Gasteiger charge is -2.23. The van der Waals surface area contributed by atoms with Crippen molar-refractivity contribution in [3.63, 3.8) is 0 Å². The van der Waals surface area contributed by atoms with Crippen LogP contribution >= 0.6 is 0 Å². The quantitative estimate of drug-likeness (QED) is 0.758. The molecular formula is C18H23N5O4.